The highest BCUT2D eigenvalue weighted by Crippen LogP contribution is 2.39. The number of nitriles is 1. The summed E-state index contributed by atoms with van der Waals surface area (Å²) in [5, 5.41) is 14.9. The van der Waals surface area contributed by atoms with Crippen molar-refractivity contribution in [3.8, 4) is 6.07 Å². The number of rotatable bonds is 8. The summed E-state index contributed by atoms with van der Waals surface area (Å²) < 4.78 is 33.6. The molecule has 2 aromatic heterocycles. The Kier molecular flexibility index (Phi) is 8.08. The van der Waals surface area contributed by atoms with E-state index in [1.54, 1.807) is 0 Å². The van der Waals surface area contributed by atoms with Gasteiger partial charge in [0.2, 0.25) is 5.91 Å². The molecule has 3 heterocycles. The maximum Gasteiger partial charge on any atom is 0.305 e. The molecule has 3 aromatic rings. The molecular weight excluding hydrogens is 528 g/mol. The number of nitrogens with two attached hydrogens (primary N) is 1. The van der Waals surface area contributed by atoms with Crippen LogP contribution in [0.4, 0.5) is 0 Å². The summed E-state index contributed by atoms with van der Waals surface area (Å²) in [6.45, 7) is 2.25. The van der Waals surface area contributed by atoms with E-state index in [4.69, 9.17) is 10.2 Å². The van der Waals surface area contributed by atoms with E-state index in [-0.39, 0.29) is 34.3 Å². The molecular formula is C25H28N6O5S2. The number of benzene rings is 1. The van der Waals surface area contributed by atoms with Crippen molar-refractivity contribution in [1.82, 2.24) is 18.4 Å². The molecule has 1 saturated heterocycles. The van der Waals surface area contributed by atoms with Crippen LogP contribution in [0.15, 0.2) is 52.3 Å². The topological polar surface area (TPSA) is 156 Å². The fourth-order valence-corrected chi connectivity index (χ4v) is 6.36. The van der Waals surface area contributed by atoms with Crippen molar-refractivity contribution in [2.24, 2.45) is 11.7 Å². The predicted octanol–water partition coefficient (Wildman–Crippen LogP) is 2.55. The summed E-state index contributed by atoms with van der Waals surface area (Å²) in [6.07, 6.45) is 3.01. The van der Waals surface area contributed by atoms with Crippen molar-refractivity contribution in [3.05, 3.63) is 70.8 Å². The lowest BCUT2D eigenvalue weighted by Crippen LogP contribution is -2.50. The first kappa shape index (κ1) is 27.6. The second-order valence-corrected chi connectivity index (χ2v) is 12.2. The van der Waals surface area contributed by atoms with Crippen LogP contribution in [-0.4, -0.2) is 59.3 Å². The van der Waals surface area contributed by atoms with E-state index < -0.39 is 27.9 Å². The third-order valence-corrected chi connectivity index (χ3v) is 9.45. The second kappa shape index (κ2) is 11.1. The van der Waals surface area contributed by atoms with Crippen LogP contribution in [0.1, 0.15) is 52.0 Å². The van der Waals surface area contributed by atoms with Crippen LogP contribution >= 0.6 is 11.8 Å². The van der Waals surface area contributed by atoms with Gasteiger partial charge < -0.3 is 10.2 Å². The number of furan rings is 1. The van der Waals surface area contributed by atoms with Crippen LogP contribution in [0.5, 0.6) is 0 Å². The van der Waals surface area contributed by atoms with Gasteiger partial charge in [0.05, 0.1) is 23.4 Å². The van der Waals surface area contributed by atoms with Crippen molar-refractivity contribution in [3.63, 3.8) is 0 Å². The molecule has 1 fully saturated rings. The van der Waals surface area contributed by atoms with Gasteiger partial charge in [-0.05, 0) is 29.5 Å². The molecule has 0 saturated carbocycles. The molecule has 11 nitrogen and oxygen atoms in total. The van der Waals surface area contributed by atoms with E-state index >= 15 is 0 Å². The molecule has 1 aliphatic heterocycles. The van der Waals surface area contributed by atoms with Gasteiger partial charge in [-0.25, -0.2) is 4.31 Å². The quantitative estimate of drug-likeness (QED) is 0.412. The number of carbonyl (C=O) groups is 2. The Morgan fingerprint density at radius 1 is 1.26 bits per heavy atom. The third kappa shape index (κ3) is 5.12. The Morgan fingerprint density at radius 3 is 2.53 bits per heavy atom. The largest absolute Gasteiger partial charge is 0.472 e. The van der Waals surface area contributed by atoms with Gasteiger partial charge in [-0.1, -0.05) is 31.2 Å². The number of hydrogen-bond acceptors (Lipinski definition) is 9. The maximum absolute atomic E-state index is 13.6. The van der Waals surface area contributed by atoms with Crippen molar-refractivity contribution in [2.75, 3.05) is 20.6 Å². The van der Waals surface area contributed by atoms with E-state index in [2.05, 4.69) is 11.2 Å². The summed E-state index contributed by atoms with van der Waals surface area (Å²) in [5.41, 5.74) is 7.97. The van der Waals surface area contributed by atoms with Crippen LogP contribution in [-0.2, 0) is 27.3 Å². The average Bonchev–Trinajstić information content (AvgIpc) is 3.55. The molecule has 0 aliphatic carbocycles. The molecule has 1 aromatic carbocycles. The second-order valence-electron chi connectivity index (χ2n) is 9.16. The lowest BCUT2D eigenvalue weighted by atomic mass is 9.84. The predicted molar refractivity (Wildman–Crippen MR) is 140 cm³/mol. The minimum Gasteiger partial charge on any atom is -0.472 e. The van der Waals surface area contributed by atoms with E-state index in [0.29, 0.717) is 18.7 Å². The zero-order valence-electron chi connectivity index (χ0n) is 21.2. The summed E-state index contributed by atoms with van der Waals surface area (Å²) in [6, 6.07) is 11.2. The van der Waals surface area contributed by atoms with Gasteiger partial charge in [0, 0.05) is 32.9 Å². The lowest BCUT2D eigenvalue weighted by molar-refractivity contribution is -0.131. The third-order valence-electron chi connectivity index (χ3n) is 6.48. The van der Waals surface area contributed by atoms with E-state index in [0.717, 1.165) is 24.4 Å². The first-order chi connectivity index (χ1) is 18.1. The molecule has 1 aliphatic rings. The molecule has 2 unspecified atom stereocenters. The van der Waals surface area contributed by atoms with Crippen molar-refractivity contribution < 1.29 is 22.4 Å². The summed E-state index contributed by atoms with van der Waals surface area (Å²) in [5.74, 6) is -2.12. The minimum absolute atomic E-state index is 0.0218. The summed E-state index contributed by atoms with van der Waals surface area (Å²) >= 11 is 1.23. The summed E-state index contributed by atoms with van der Waals surface area (Å²) in [4.78, 5) is 26.9. The smallest absolute Gasteiger partial charge is 0.305 e. The van der Waals surface area contributed by atoms with Crippen LogP contribution in [0, 0.1) is 17.2 Å². The first-order valence-electron chi connectivity index (χ1n) is 11.8. The molecule has 2 atom stereocenters. The van der Waals surface area contributed by atoms with Crippen molar-refractivity contribution in [1.29, 1.82) is 5.26 Å². The highest BCUT2D eigenvalue weighted by molar-refractivity contribution is 7.98. The average molecular weight is 557 g/mol. The first-order valence-corrected chi connectivity index (χ1v) is 14.2. The molecule has 0 radical (unpaired) electrons. The van der Waals surface area contributed by atoms with Crippen LogP contribution in [0.3, 0.4) is 0 Å². The normalized spacial score (nSPS) is 18.1. The highest BCUT2D eigenvalue weighted by atomic mass is 32.2. The van der Waals surface area contributed by atoms with E-state index in [1.165, 1.54) is 44.4 Å². The zero-order chi connectivity index (χ0) is 27.6. The van der Waals surface area contributed by atoms with Gasteiger partial charge in [-0.2, -0.15) is 27.8 Å². The standard InChI is InChI=1S/C25H28N6O5S2/c1-16-8-10-30(38(34,35)29(2)3)24(33)21(16)22-20(13-27)25(31(28-22)23(32)19-9-11-36-14-19)37-15-18-6-4-17(12-26)5-7-18/h4-7,9,11,14,16,21H,8,10,12,15,26H2,1-3H3. The fourth-order valence-electron chi connectivity index (χ4n) is 4.25. The Morgan fingerprint density at radius 2 is 1.95 bits per heavy atom. The molecule has 2 N–H and O–H groups in total. The Hall–Kier alpha value is -3.44. The van der Waals surface area contributed by atoms with Crippen LogP contribution in [0.25, 0.3) is 0 Å². The molecule has 1 amide bonds. The number of thioether (sulfide) groups is 1. The molecule has 38 heavy (non-hydrogen) atoms. The number of amides is 1. The summed E-state index contributed by atoms with van der Waals surface area (Å²) in [7, 11) is -1.33. The molecule has 0 spiro atoms. The van der Waals surface area contributed by atoms with Crippen molar-refractivity contribution >= 4 is 33.8 Å². The number of carbonyl (C=O) groups excluding carboxylic acids is 2. The fraction of sp³-hybridized carbons (Fsp3) is 0.360. The van der Waals surface area contributed by atoms with Gasteiger partial charge in [0.25, 0.3) is 5.91 Å². The molecule has 0 bridgehead atoms. The van der Waals surface area contributed by atoms with Crippen molar-refractivity contribution in [2.45, 2.75) is 36.6 Å². The highest BCUT2D eigenvalue weighted by Gasteiger charge is 2.44. The zero-order valence-corrected chi connectivity index (χ0v) is 22.8. The van der Waals surface area contributed by atoms with Crippen LogP contribution < -0.4 is 5.73 Å². The molecule has 4 rings (SSSR count). The SMILES string of the molecule is CC1CCN(S(=O)(=O)N(C)C)C(=O)C1c1nn(C(=O)c2ccoc2)c(SCc2ccc(CN)cc2)c1C#N. The Labute approximate surface area is 225 Å². The monoisotopic (exact) mass is 556 g/mol. The van der Waals surface area contributed by atoms with Gasteiger partial charge in [0.1, 0.15) is 22.9 Å². The van der Waals surface area contributed by atoms with Gasteiger partial charge in [-0.3, -0.25) is 9.59 Å². The number of piperidine rings is 1. The van der Waals surface area contributed by atoms with E-state index in [9.17, 15) is 23.3 Å². The minimum atomic E-state index is -4.03. The molecule has 200 valence electrons. The number of hydrogen-bond donors (Lipinski definition) is 1. The van der Waals surface area contributed by atoms with E-state index in [1.807, 2.05) is 31.2 Å². The Balaban J connectivity index is 1.79. The van der Waals surface area contributed by atoms with Gasteiger partial charge in [0.15, 0.2) is 0 Å². The maximum atomic E-state index is 13.6. The number of aromatic nitrogens is 2. The lowest BCUT2D eigenvalue weighted by Gasteiger charge is -2.36. The number of nitrogens with zero attached hydrogens (tertiary/aromatic N) is 5. The van der Waals surface area contributed by atoms with Gasteiger partial charge >= 0.3 is 10.2 Å². The van der Waals surface area contributed by atoms with Gasteiger partial charge in [-0.15, -0.1) is 11.8 Å². The Bertz CT molecular complexity index is 1470. The molecule has 13 heteroatoms. The van der Waals surface area contributed by atoms with Crippen LogP contribution in [0.2, 0.25) is 0 Å².